The lowest BCUT2D eigenvalue weighted by Gasteiger charge is -2.38. The van der Waals surface area contributed by atoms with Gasteiger partial charge >= 0.3 is 0 Å². The number of hydrogen-bond donors (Lipinski definition) is 0. The maximum absolute atomic E-state index is 13.0. The molecule has 0 radical (unpaired) electrons. The molecule has 3 aromatic heterocycles. The number of carbonyl (C=O) groups excluding carboxylic acids is 1. The molecule has 2 aliphatic heterocycles. The van der Waals surface area contributed by atoms with Gasteiger partial charge in [0.1, 0.15) is 11.6 Å². The van der Waals surface area contributed by atoms with Crippen LogP contribution in [0, 0.1) is 13.8 Å². The second kappa shape index (κ2) is 11.1. The van der Waals surface area contributed by atoms with Crippen LogP contribution < -0.4 is 9.80 Å². The van der Waals surface area contributed by atoms with Gasteiger partial charge in [0, 0.05) is 56.9 Å². The minimum atomic E-state index is -0.00117. The molecule has 11 heteroatoms. The summed E-state index contributed by atoms with van der Waals surface area (Å²) in [4.78, 5) is 29.7. The van der Waals surface area contributed by atoms with Crippen LogP contribution in [0.3, 0.4) is 0 Å². The number of aromatic nitrogens is 5. The lowest BCUT2D eigenvalue weighted by Crippen LogP contribution is -2.49. The smallest absolute Gasteiger partial charge is 0.257 e. The third-order valence-corrected chi connectivity index (χ3v) is 8.37. The number of ether oxygens (including phenoxy) is 1. The molecule has 11 nitrogen and oxygen atoms in total. The van der Waals surface area contributed by atoms with Gasteiger partial charge in [-0.25, -0.2) is 4.98 Å². The predicted octanol–water partition coefficient (Wildman–Crippen LogP) is 4.18. The maximum Gasteiger partial charge on any atom is 0.257 e. The highest BCUT2D eigenvalue weighted by atomic mass is 16.5. The molecule has 43 heavy (non-hydrogen) atoms. The molecular formula is C32H34N8O3. The van der Waals surface area contributed by atoms with E-state index in [-0.39, 0.29) is 11.9 Å². The number of carbonyl (C=O) groups is 1. The molecule has 0 unspecified atom stereocenters. The van der Waals surface area contributed by atoms with Gasteiger partial charge in [-0.3, -0.25) is 9.48 Å². The summed E-state index contributed by atoms with van der Waals surface area (Å²) in [6.07, 6.45) is 3.38. The van der Waals surface area contributed by atoms with Crippen LogP contribution in [-0.4, -0.2) is 81.6 Å². The molecule has 0 N–H and O–H groups in total. The Morgan fingerprint density at radius 2 is 1.79 bits per heavy atom. The predicted molar refractivity (Wildman–Crippen MR) is 163 cm³/mol. The largest absolute Gasteiger partial charge is 0.377 e. The number of aryl methyl sites for hydroxylation is 3. The fourth-order valence-electron chi connectivity index (χ4n) is 6.14. The number of anilines is 2. The maximum atomic E-state index is 13.0. The van der Waals surface area contributed by atoms with Crippen LogP contribution in [0.4, 0.5) is 11.8 Å². The van der Waals surface area contributed by atoms with Gasteiger partial charge in [0.05, 0.1) is 42.2 Å². The Morgan fingerprint density at radius 3 is 2.51 bits per heavy atom. The SMILES string of the molecule is Cc1noc(C)c1-c1ccc2nc(N3CCN(C(=O)c4cnn(C)c4)CC3)nc(N3CCOC[C@@H]3c3ccccc3)c2c1. The first-order chi connectivity index (χ1) is 21.0. The van der Waals surface area contributed by atoms with E-state index in [1.54, 1.807) is 17.1 Å². The number of morpholine rings is 1. The molecule has 5 heterocycles. The summed E-state index contributed by atoms with van der Waals surface area (Å²) < 4.78 is 13.1. The molecule has 2 aromatic carbocycles. The Labute approximate surface area is 249 Å². The van der Waals surface area contributed by atoms with Crippen LogP contribution in [0.15, 0.2) is 65.4 Å². The minimum Gasteiger partial charge on any atom is -0.377 e. The third-order valence-electron chi connectivity index (χ3n) is 8.37. The Morgan fingerprint density at radius 1 is 0.977 bits per heavy atom. The third kappa shape index (κ3) is 5.10. The summed E-state index contributed by atoms with van der Waals surface area (Å²) >= 11 is 0. The molecular weight excluding hydrogens is 544 g/mol. The van der Waals surface area contributed by atoms with Crippen LogP contribution in [0.1, 0.15) is 33.4 Å². The first kappa shape index (κ1) is 27.1. The monoisotopic (exact) mass is 578 g/mol. The van der Waals surface area contributed by atoms with Crippen molar-refractivity contribution in [3.63, 3.8) is 0 Å². The molecule has 0 spiro atoms. The van der Waals surface area contributed by atoms with Gasteiger partial charge in [0.2, 0.25) is 5.95 Å². The zero-order chi connectivity index (χ0) is 29.5. The van der Waals surface area contributed by atoms with E-state index in [4.69, 9.17) is 19.2 Å². The lowest BCUT2D eigenvalue weighted by molar-refractivity contribution is 0.0746. The van der Waals surface area contributed by atoms with E-state index >= 15 is 0 Å². The van der Waals surface area contributed by atoms with Crippen molar-refractivity contribution >= 4 is 28.6 Å². The van der Waals surface area contributed by atoms with Gasteiger partial charge in [-0.15, -0.1) is 0 Å². The summed E-state index contributed by atoms with van der Waals surface area (Å²) in [5, 5.41) is 9.30. The number of fused-ring (bicyclic) bond motifs is 1. The first-order valence-electron chi connectivity index (χ1n) is 14.6. The van der Waals surface area contributed by atoms with Gasteiger partial charge in [-0.1, -0.05) is 41.6 Å². The van der Waals surface area contributed by atoms with Gasteiger partial charge in [0.15, 0.2) is 0 Å². The highest BCUT2D eigenvalue weighted by Gasteiger charge is 2.30. The first-order valence-corrected chi connectivity index (χ1v) is 14.6. The number of rotatable bonds is 5. The van der Waals surface area contributed by atoms with Crippen LogP contribution in [0.2, 0.25) is 0 Å². The standard InChI is InChI=1S/C32H34N8O3/c1-21-29(22(2)43-36-21)24-9-10-27-26(17-24)30(40-15-16-42-20-28(40)23-7-5-4-6-8-23)35-32(34-27)39-13-11-38(12-14-39)31(41)25-18-33-37(3)19-25/h4-10,17-19,28H,11-16,20H2,1-3H3/t28-/m1/s1. The molecule has 5 aromatic rings. The second-order valence-electron chi connectivity index (χ2n) is 11.2. The van der Waals surface area contributed by atoms with Crippen LogP contribution in [0.25, 0.3) is 22.0 Å². The molecule has 1 amide bonds. The highest BCUT2D eigenvalue weighted by molar-refractivity contribution is 5.95. The average molecular weight is 579 g/mol. The number of hydrogen-bond acceptors (Lipinski definition) is 9. The Bertz CT molecular complexity index is 1750. The van der Waals surface area contributed by atoms with E-state index in [1.165, 1.54) is 5.56 Å². The molecule has 0 saturated carbocycles. The summed E-state index contributed by atoms with van der Waals surface area (Å²) in [7, 11) is 1.82. The van der Waals surface area contributed by atoms with E-state index < -0.39 is 0 Å². The zero-order valence-corrected chi connectivity index (χ0v) is 24.6. The van der Waals surface area contributed by atoms with E-state index in [1.807, 2.05) is 31.9 Å². The van der Waals surface area contributed by atoms with Crippen molar-refractivity contribution in [2.75, 3.05) is 55.7 Å². The van der Waals surface area contributed by atoms with Crippen molar-refractivity contribution in [3.8, 4) is 11.1 Å². The van der Waals surface area contributed by atoms with Crippen molar-refractivity contribution in [2.24, 2.45) is 7.05 Å². The molecule has 220 valence electrons. The van der Waals surface area contributed by atoms with Crippen LogP contribution >= 0.6 is 0 Å². The van der Waals surface area contributed by atoms with E-state index in [2.05, 4.69) is 62.5 Å². The van der Waals surface area contributed by atoms with Crippen molar-refractivity contribution < 1.29 is 14.1 Å². The van der Waals surface area contributed by atoms with Crippen molar-refractivity contribution in [1.29, 1.82) is 0 Å². The zero-order valence-electron chi connectivity index (χ0n) is 24.6. The molecule has 7 rings (SSSR count). The van der Waals surface area contributed by atoms with E-state index in [0.29, 0.717) is 57.4 Å². The normalized spacial score (nSPS) is 17.6. The summed E-state index contributed by atoms with van der Waals surface area (Å²) in [6.45, 7) is 8.23. The quantitative estimate of drug-likeness (QED) is 0.304. The number of amides is 1. The Kier molecular flexibility index (Phi) is 7.02. The van der Waals surface area contributed by atoms with E-state index in [9.17, 15) is 4.79 Å². The van der Waals surface area contributed by atoms with Crippen LogP contribution in [0.5, 0.6) is 0 Å². The summed E-state index contributed by atoms with van der Waals surface area (Å²) in [5.74, 6) is 2.32. The fraction of sp³-hybridized carbons (Fsp3) is 0.344. The second-order valence-corrected chi connectivity index (χ2v) is 11.2. The summed E-state index contributed by atoms with van der Waals surface area (Å²) in [5.41, 5.74) is 5.51. The molecule has 0 bridgehead atoms. The number of piperazine rings is 1. The van der Waals surface area contributed by atoms with Crippen molar-refractivity contribution in [3.05, 3.63) is 83.5 Å². The molecule has 2 fully saturated rings. The van der Waals surface area contributed by atoms with Gasteiger partial charge in [-0.05, 0) is 37.1 Å². The number of benzene rings is 2. The lowest BCUT2D eigenvalue weighted by atomic mass is 10.0. The average Bonchev–Trinajstić information content (AvgIpc) is 3.64. The van der Waals surface area contributed by atoms with Gasteiger partial charge in [0.25, 0.3) is 5.91 Å². The van der Waals surface area contributed by atoms with Gasteiger partial charge < -0.3 is 24.0 Å². The van der Waals surface area contributed by atoms with Crippen LogP contribution in [-0.2, 0) is 11.8 Å². The van der Waals surface area contributed by atoms with Crippen molar-refractivity contribution in [1.82, 2.24) is 29.8 Å². The van der Waals surface area contributed by atoms with Gasteiger partial charge in [-0.2, -0.15) is 10.1 Å². The fourth-order valence-corrected chi connectivity index (χ4v) is 6.14. The highest BCUT2D eigenvalue weighted by Crippen LogP contribution is 2.37. The molecule has 1 atom stereocenters. The molecule has 2 saturated heterocycles. The minimum absolute atomic E-state index is 0.00117. The molecule has 0 aliphatic carbocycles. The topological polar surface area (TPSA) is 106 Å². The Balaban J connectivity index is 1.27. The Hall–Kier alpha value is -4.77. The van der Waals surface area contributed by atoms with Crippen molar-refractivity contribution in [2.45, 2.75) is 19.9 Å². The number of nitrogens with zero attached hydrogens (tertiary/aromatic N) is 8. The molecule has 2 aliphatic rings. The summed E-state index contributed by atoms with van der Waals surface area (Å²) in [6, 6.07) is 16.8. The van der Waals surface area contributed by atoms with E-state index in [0.717, 1.165) is 39.3 Å².